The van der Waals surface area contributed by atoms with Gasteiger partial charge in [0.1, 0.15) is 5.82 Å². The number of benzene rings is 2. The maximum Gasteiger partial charge on any atom is 0.222 e. The van der Waals surface area contributed by atoms with Crippen molar-refractivity contribution in [2.45, 2.75) is 38.1 Å². The van der Waals surface area contributed by atoms with Crippen LogP contribution in [0.2, 0.25) is 0 Å². The second kappa shape index (κ2) is 8.27. The monoisotopic (exact) mass is 449 g/mol. The molecular weight excluding hydrogens is 422 g/mol. The van der Waals surface area contributed by atoms with Gasteiger partial charge in [-0.25, -0.2) is 13.4 Å². The zero-order valence-corrected chi connectivity index (χ0v) is 19.3. The minimum atomic E-state index is -3.21. The number of nitrogen functional groups attached to an aromatic ring is 2. The van der Waals surface area contributed by atoms with E-state index in [1.807, 2.05) is 25.1 Å². The summed E-state index contributed by atoms with van der Waals surface area (Å²) < 4.78 is 25.6. The van der Waals surface area contributed by atoms with Crippen LogP contribution in [0.4, 0.5) is 11.8 Å². The topological polar surface area (TPSA) is 117 Å². The molecule has 4 N–H and O–H groups in total. The third kappa shape index (κ3) is 4.05. The Bertz CT molecular complexity index is 1410. The molecule has 0 radical (unpaired) electrons. The number of aryl methyl sites for hydroxylation is 2. The lowest BCUT2D eigenvalue weighted by molar-refractivity contribution is 0.602. The van der Waals surface area contributed by atoms with Crippen LogP contribution in [0.5, 0.6) is 0 Å². The van der Waals surface area contributed by atoms with Crippen LogP contribution in [0.3, 0.4) is 0 Å². The number of hydrogen-bond acceptors (Lipinski definition) is 6. The standard InChI is InChI=1S/C24H27N5O2S/c1-4-16-14-29(13-15-6-9-18(10-7-15)32(3,30)31)21-11-8-17(12-19(16)21)22-20(5-2)27-24(26)28-23(22)25/h6-12,14H,4-5,13H2,1-3H3,(H4,25,26,27,28). The summed E-state index contributed by atoms with van der Waals surface area (Å²) in [5.74, 6) is 0.573. The van der Waals surface area contributed by atoms with Crippen LogP contribution in [0.15, 0.2) is 53.6 Å². The zero-order valence-electron chi connectivity index (χ0n) is 18.5. The minimum Gasteiger partial charge on any atom is -0.383 e. The van der Waals surface area contributed by atoms with Crippen molar-refractivity contribution < 1.29 is 8.42 Å². The molecule has 0 aliphatic rings. The molecule has 0 fully saturated rings. The molecule has 0 amide bonds. The number of aromatic nitrogens is 3. The molecule has 8 heteroatoms. The number of anilines is 2. The highest BCUT2D eigenvalue weighted by molar-refractivity contribution is 7.90. The largest absolute Gasteiger partial charge is 0.383 e. The predicted octanol–water partition coefficient (Wildman–Crippen LogP) is 3.84. The van der Waals surface area contributed by atoms with Crippen LogP contribution in [0, 0.1) is 0 Å². The number of nitrogens with zero attached hydrogens (tertiary/aromatic N) is 3. The molecule has 0 bridgehead atoms. The van der Waals surface area contributed by atoms with E-state index in [-0.39, 0.29) is 5.95 Å². The van der Waals surface area contributed by atoms with Gasteiger partial charge in [0.15, 0.2) is 9.84 Å². The third-order valence-electron chi connectivity index (χ3n) is 5.70. The molecule has 166 valence electrons. The first-order chi connectivity index (χ1) is 15.2. The summed E-state index contributed by atoms with van der Waals surface area (Å²) in [6, 6.07) is 13.3. The number of fused-ring (bicyclic) bond motifs is 1. The molecule has 4 aromatic rings. The number of nitrogens with two attached hydrogens (primary N) is 2. The van der Waals surface area contributed by atoms with E-state index in [9.17, 15) is 8.42 Å². The van der Waals surface area contributed by atoms with E-state index in [1.165, 1.54) is 11.8 Å². The summed E-state index contributed by atoms with van der Waals surface area (Å²) in [6.45, 7) is 4.80. The van der Waals surface area contributed by atoms with E-state index in [0.29, 0.717) is 23.7 Å². The lowest BCUT2D eigenvalue weighted by Crippen LogP contribution is -2.06. The van der Waals surface area contributed by atoms with Gasteiger partial charge in [0.25, 0.3) is 0 Å². The molecule has 0 spiro atoms. The van der Waals surface area contributed by atoms with Gasteiger partial charge in [-0.1, -0.05) is 32.0 Å². The summed E-state index contributed by atoms with van der Waals surface area (Å²) >= 11 is 0. The van der Waals surface area contributed by atoms with Crippen LogP contribution in [-0.4, -0.2) is 29.2 Å². The maximum atomic E-state index is 11.7. The van der Waals surface area contributed by atoms with Crippen molar-refractivity contribution in [3.05, 3.63) is 65.5 Å². The number of hydrogen-bond donors (Lipinski definition) is 2. The van der Waals surface area contributed by atoms with Crippen LogP contribution < -0.4 is 11.5 Å². The molecule has 2 aromatic carbocycles. The van der Waals surface area contributed by atoms with Gasteiger partial charge in [0, 0.05) is 35.5 Å². The average Bonchev–Trinajstić information content (AvgIpc) is 3.09. The van der Waals surface area contributed by atoms with Crippen molar-refractivity contribution in [3.8, 4) is 11.1 Å². The Morgan fingerprint density at radius 2 is 1.69 bits per heavy atom. The van der Waals surface area contributed by atoms with Gasteiger partial charge < -0.3 is 16.0 Å². The van der Waals surface area contributed by atoms with Crippen molar-refractivity contribution in [2.75, 3.05) is 17.7 Å². The summed E-state index contributed by atoms with van der Waals surface area (Å²) in [5.41, 5.74) is 18.0. The van der Waals surface area contributed by atoms with Crippen molar-refractivity contribution in [1.29, 1.82) is 0 Å². The molecule has 4 rings (SSSR count). The average molecular weight is 450 g/mol. The quantitative estimate of drug-likeness (QED) is 0.462. The predicted molar refractivity (Wildman–Crippen MR) is 129 cm³/mol. The molecule has 2 heterocycles. The Morgan fingerprint density at radius 3 is 2.31 bits per heavy atom. The van der Waals surface area contributed by atoms with E-state index in [0.717, 1.165) is 39.7 Å². The van der Waals surface area contributed by atoms with Gasteiger partial charge in [-0.3, -0.25) is 0 Å². The van der Waals surface area contributed by atoms with Gasteiger partial charge in [-0.05, 0) is 53.8 Å². The molecule has 0 saturated carbocycles. The van der Waals surface area contributed by atoms with E-state index in [1.54, 1.807) is 12.1 Å². The molecular formula is C24H27N5O2S. The van der Waals surface area contributed by atoms with Gasteiger partial charge in [0.2, 0.25) is 5.95 Å². The Kier molecular flexibility index (Phi) is 5.64. The van der Waals surface area contributed by atoms with E-state index >= 15 is 0 Å². The van der Waals surface area contributed by atoms with Gasteiger partial charge in [0.05, 0.1) is 10.6 Å². The smallest absolute Gasteiger partial charge is 0.222 e. The first-order valence-corrected chi connectivity index (χ1v) is 12.4. The van der Waals surface area contributed by atoms with Crippen LogP contribution in [0.25, 0.3) is 22.0 Å². The first kappa shape index (κ1) is 21.8. The number of rotatable bonds is 6. The lowest BCUT2D eigenvalue weighted by atomic mass is 10.00. The lowest BCUT2D eigenvalue weighted by Gasteiger charge is -2.12. The van der Waals surface area contributed by atoms with Crippen molar-refractivity contribution >= 4 is 32.5 Å². The highest BCUT2D eigenvalue weighted by atomic mass is 32.2. The van der Waals surface area contributed by atoms with Crippen LogP contribution >= 0.6 is 0 Å². The fourth-order valence-corrected chi connectivity index (χ4v) is 4.72. The first-order valence-electron chi connectivity index (χ1n) is 10.5. The van der Waals surface area contributed by atoms with Crippen molar-refractivity contribution in [3.63, 3.8) is 0 Å². The zero-order chi connectivity index (χ0) is 23.0. The normalized spacial score (nSPS) is 11.8. The fourth-order valence-electron chi connectivity index (χ4n) is 4.09. The molecule has 0 aliphatic heterocycles. The molecule has 0 saturated heterocycles. The van der Waals surface area contributed by atoms with E-state index in [4.69, 9.17) is 11.5 Å². The summed E-state index contributed by atoms with van der Waals surface area (Å²) in [7, 11) is -3.21. The molecule has 7 nitrogen and oxygen atoms in total. The molecule has 0 unspecified atom stereocenters. The molecule has 0 aliphatic carbocycles. The second-order valence-electron chi connectivity index (χ2n) is 7.93. The molecule has 2 aromatic heterocycles. The Morgan fingerprint density at radius 1 is 0.969 bits per heavy atom. The van der Waals surface area contributed by atoms with Crippen LogP contribution in [0.1, 0.15) is 30.7 Å². The second-order valence-corrected chi connectivity index (χ2v) is 9.94. The Labute approximate surface area is 188 Å². The fraction of sp³-hybridized carbons (Fsp3) is 0.250. The third-order valence-corrected chi connectivity index (χ3v) is 6.83. The Hall–Kier alpha value is -3.39. The Balaban J connectivity index is 1.77. The summed E-state index contributed by atoms with van der Waals surface area (Å²) in [4.78, 5) is 8.86. The summed E-state index contributed by atoms with van der Waals surface area (Å²) in [5, 5.41) is 1.15. The maximum absolute atomic E-state index is 11.7. The number of sulfone groups is 1. The van der Waals surface area contributed by atoms with Gasteiger partial charge in [-0.15, -0.1) is 0 Å². The van der Waals surface area contributed by atoms with Crippen molar-refractivity contribution in [1.82, 2.24) is 14.5 Å². The van der Waals surface area contributed by atoms with Gasteiger partial charge in [-0.2, -0.15) is 4.98 Å². The van der Waals surface area contributed by atoms with Crippen LogP contribution in [-0.2, 0) is 29.2 Å². The highest BCUT2D eigenvalue weighted by Crippen LogP contribution is 2.33. The SMILES string of the molecule is CCc1nc(N)nc(N)c1-c1ccc2c(c1)c(CC)cn2Cc1ccc(S(C)(=O)=O)cc1. The molecule has 32 heavy (non-hydrogen) atoms. The molecule has 0 atom stereocenters. The highest BCUT2D eigenvalue weighted by Gasteiger charge is 2.15. The van der Waals surface area contributed by atoms with E-state index in [2.05, 4.69) is 39.8 Å². The summed E-state index contributed by atoms with van der Waals surface area (Å²) in [6.07, 6.45) is 4.96. The van der Waals surface area contributed by atoms with Gasteiger partial charge >= 0.3 is 0 Å². The van der Waals surface area contributed by atoms with E-state index < -0.39 is 9.84 Å². The minimum absolute atomic E-state index is 0.187. The van der Waals surface area contributed by atoms with Crippen molar-refractivity contribution in [2.24, 2.45) is 0 Å².